The van der Waals surface area contributed by atoms with Gasteiger partial charge in [-0.1, -0.05) is 106 Å². The lowest BCUT2D eigenvalue weighted by Gasteiger charge is -2.27. The highest BCUT2D eigenvalue weighted by atomic mass is 16.5. The van der Waals surface area contributed by atoms with E-state index in [1.165, 1.54) is 12.4 Å². The third-order valence-corrected chi connectivity index (χ3v) is 20.9. The minimum absolute atomic E-state index is 0.0394. The van der Waals surface area contributed by atoms with Crippen LogP contribution in [-0.4, -0.2) is 113 Å². The molecule has 10 rings (SSSR count). The zero-order chi connectivity index (χ0) is 86.0. The first-order chi connectivity index (χ1) is 52.9. The van der Waals surface area contributed by atoms with Crippen LogP contribution in [0.3, 0.4) is 0 Å². The number of hydrogen-bond donors (Lipinski definition) is 0. The summed E-state index contributed by atoms with van der Waals surface area (Å²) in [5, 5.41) is 107. The quantitative estimate of drug-likeness (QED) is 0.0645. The van der Waals surface area contributed by atoms with Crippen molar-refractivity contribution in [3.05, 3.63) is 231 Å². The highest BCUT2D eigenvalue weighted by Crippen LogP contribution is 2.41. The normalized spacial score (nSPS) is 11.3. The van der Waals surface area contributed by atoms with E-state index < -0.39 is 0 Å². The molecule has 114 heavy (non-hydrogen) atoms. The molecule has 0 aliphatic carbocycles. The molecule has 0 radical (unpaired) electrons. The first kappa shape index (κ1) is 89.6. The van der Waals surface area contributed by atoms with Gasteiger partial charge in [0.25, 0.3) is 45.6 Å². The molecule has 24 nitrogen and oxygen atoms in total. The van der Waals surface area contributed by atoms with Gasteiger partial charge in [0.2, 0.25) is 22.8 Å². The van der Waals surface area contributed by atoms with Crippen molar-refractivity contribution < 1.29 is 37.8 Å². The van der Waals surface area contributed by atoms with Gasteiger partial charge in [-0.05, 0) is 79.7 Å². The Hall–Kier alpha value is -11.6. The van der Waals surface area contributed by atoms with E-state index in [4.69, 9.17) is 0 Å². The number of nitrogens with zero attached hydrogens (tertiary/aromatic N) is 16. The number of rotatable bonds is 16. The van der Waals surface area contributed by atoms with Crippen molar-refractivity contribution in [1.29, 1.82) is 0 Å². The van der Waals surface area contributed by atoms with Crippen molar-refractivity contribution in [2.45, 2.75) is 147 Å². The van der Waals surface area contributed by atoms with Gasteiger partial charge in [0, 0.05) is 195 Å². The summed E-state index contributed by atoms with van der Waals surface area (Å²) in [5.74, 6) is 0.0788. The Bertz CT molecular complexity index is 4780. The summed E-state index contributed by atoms with van der Waals surface area (Å²) in [6.45, 7) is 35.3. The molecule has 10 aromatic rings. The maximum Gasteiger partial charge on any atom is 0.295 e. The van der Waals surface area contributed by atoms with E-state index in [9.17, 15) is 41.7 Å². The predicted octanol–water partition coefficient (Wildman–Crippen LogP) is 13.7. The average molecular weight is 1560 g/mol. The molecule has 0 bridgehead atoms. The van der Waals surface area contributed by atoms with Gasteiger partial charge in [-0.2, -0.15) is 37.8 Å². The molecule has 0 spiro atoms. The summed E-state index contributed by atoms with van der Waals surface area (Å²) < 4.78 is 7.17. The Morgan fingerprint density at radius 3 is 0.693 bits per heavy atom. The largest absolute Gasteiger partial charge is 0.618 e. The van der Waals surface area contributed by atoms with E-state index in [2.05, 4.69) is 0 Å². The van der Waals surface area contributed by atoms with Gasteiger partial charge in [-0.25, -0.2) is 0 Å². The van der Waals surface area contributed by atoms with Gasteiger partial charge in [0.1, 0.15) is 0 Å². The van der Waals surface area contributed by atoms with Crippen molar-refractivity contribution >= 4 is 45.5 Å². The number of pyridine rings is 8. The van der Waals surface area contributed by atoms with Crippen LogP contribution in [0.2, 0.25) is 0 Å². The van der Waals surface area contributed by atoms with Crippen LogP contribution in [0.5, 0.6) is 0 Å². The van der Waals surface area contributed by atoms with Gasteiger partial charge in [-0.15, -0.1) is 0 Å². The molecule has 0 saturated heterocycles. The monoisotopic (exact) mass is 1560 g/mol. The Balaban J connectivity index is 0.000000213. The summed E-state index contributed by atoms with van der Waals surface area (Å²) in [6.07, 6.45) is 2.89. The summed E-state index contributed by atoms with van der Waals surface area (Å²) in [6, 6.07) is 34.1. The maximum atomic E-state index is 13.9. The summed E-state index contributed by atoms with van der Waals surface area (Å²) in [5.41, 5.74) is 21.3. The third-order valence-electron chi connectivity index (χ3n) is 20.9. The number of hydrogen-bond acceptors (Lipinski definition) is 16. The van der Waals surface area contributed by atoms with Gasteiger partial charge in [0.15, 0.2) is 23.8 Å². The Morgan fingerprint density at radius 2 is 0.465 bits per heavy atom. The van der Waals surface area contributed by atoms with Crippen LogP contribution in [0.1, 0.15) is 148 Å². The van der Waals surface area contributed by atoms with Crippen molar-refractivity contribution in [3.63, 3.8) is 0 Å². The van der Waals surface area contributed by atoms with E-state index in [0.29, 0.717) is 79.7 Å². The first-order valence-corrected chi connectivity index (χ1v) is 38.5. The molecule has 2 aromatic carbocycles. The molecular formula is C90H124N16O8. The standard InChI is InChI=1S/C28H30N4O2.C24H38N4O2.C22H34N4O2.C16H22N4O2/c1-19-23(29(3)4)17-25(21-13-9-7-10-14-21)31(33)27(19)28-20(2)24(30(5)6)18-26(32(28)34)22-15-11-8-12-16-22;1-15-17(25(9)10)13-19(23(3,4)5)27(29)21(15)22-16(2)18(26(11)12)14-20(28(22)30)24(6,7)8;1-13(2)17-11-19(23(7)8)15(5)21(25(17)27)22-16(6)20(24(9)10)12-18(14(3)4)26(22)28;1-11-13(17(3)4)7-9-19(21)15(11)16-12(2)14(18(5)6)8-10-20(16)22/h7-18H,1-6H3;13-14H,1-12H3;11-14H,1-10H3;7-10H,1-6H3. The third kappa shape index (κ3) is 18.1. The zero-order valence-corrected chi connectivity index (χ0v) is 74.1. The highest BCUT2D eigenvalue weighted by Gasteiger charge is 2.41. The summed E-state index contributed by atoms with van der Waals surface area (Å²) in [7, 11) is 31.1. The SMILES string of the molecule is Cc1c(N(C)C)cc(-c2ccccc2)[n+]([O-])c1-c1c(C)c(N(C)C)cc(-c2ccccc2)[n+]1[O-].Cc1c(N(C)C)cc(C(C)(C)C)[n+]([O-])c1-c1c(C)c(N(C)C)cc(C(C)(C)C)[n+]1[O-].Cc1c(N(C)C)cc(C(C)C)[n+]([O-])c1-c1c(C)c(N(C)C)cc(C(C)C)[n+]1[O-].Cc1c(N(C)C)cc[n+]([O-])c1-c1c(C)c(N(C)C)cc[n+]1[O-]. The van der Waals surface area contributed by atoms with Gasteiger partial charge < -0.3 is 80.9 Å². The molecule has 0 atom stereocenters. The summed E-state index contributed by atoms with van der Waals surface area (Å²) >= 11 is 0. The van der Waals surface area contributed by atoms with Crippen molar-refractivity contribution in [2.75, 3.05) is 152 Å². The van der Waals surface area contributed by atoms with Crippen molar-refractivity contribution in [1.82, 2.24) is 0 Å². The molecule has 0 saturated carbocycles. The fourth-order valence-corrected chi connectivity index (χ4v) is 14.9. The van der Waals surface area contributed by atoms with Crippen LogP contribution >= 0.6 is 0 Å². The van der Waals surface area contributed by atoms with E-state index in [1.807, 2.05) is 374 Å². The van der Waals surface area contributed by atoms with Crippen molar-refractivity contribution in [2.24, 2.45) is 0 Å². The number of benzene rings is 2. The fraction of sp³-hybridized carbons (Fsp3) is 0.422. The lowest BCUT2D eigenvalue weighted by atomic mass is 9.88. The van der Waals surface area contributed by atoms with Crippen LogP contribution < -0.4 is 77.0 Å². The van der Waals surface area contributed by atoms with Crippen LogP contribution in [0.25, 0.3) is 68.1 Å². The van der Waals surface area contributed by atoms with E-state index in [-0.39, 0.29) is 22.7 Å². The molecule has 0 aliphatic rings. The predicted molar refractivity (Wildman–Crippen MR) is 468 cm³/mol. The van der Waals surface area contributed by atoms with E-state index >= 15 is 0 Å². The molecule has 612 valence electrons. The Morgan fingerprint density at radius 1 is 0.254 bits per heavy atom. The Kier molecular flexibility index (Phi) is 27.7. The average Bonchev–Trinajstić information content (AvgIpc) is 0.715. The van der Waals surface area contributed by atoms with E-state index in [1.54, 1.807) is 12.1 Å². The van der Waals surface area contributed by atoms with Crippen LogP contribution in [0, 0.1) is 97.0 Å². The van der Waals surface area contributed by atoms with Gasteiger partial charge in [-0.3, -0.25) is 0 Å². The minimum atomic E-state index is -0.372. The highest BCUT2D eigenvalue weighted by molar-refractivity contribution is 5.78. The summed E-state index contributed by atoms with van der Waals surface area (Å²) in [4.78, 5) is 15.8. The molecule has 0 fully saturated rings. The van der Waals surface area contributed by atoms with Crippen LogP contribution in [-0.2, 0) is 10.8 Å². The first-order valence-electron chi connectivity index (χ1n) is 38.5. The smallest absolute Gasteiger partial charge is 0.295 e. The van der Waals surface area contributed by atoms with E-state index in [0.717, 1.165) is 139 Å². The second-order valence-corrected chi connectivity index (χ2v) is 33.9. The molecule has 0 N–H and O–H groups in total. The second-order valence-electron chi connectivity index (χ2n) is 33.9. The number of anilines is 8. The fourth-order valence-electron chi connectivity index (χ4n) is 14.9. The molecule has 0 unspecified atom stereocenters. The molecule has 8 aromatic heterocycles. The van der Waals surface area contributed by atoms with Crippen molar-refractivity contribution in [3.8, 4) is 68.1 Å². The van der Waals surface area contributed by atoms with Crippen LogP contribution in [0.15, 0.2) is 122 Å². The molecule has 0 amide bonds. The molecular weight excluding hydrogens is 1430 g/mol. The number of aromatic nitrogens is 8. The lowest BCUT2D eigenvalue weighted by molar-refractivity contribution is -0.637. The van der Waals surface area contributed by atoms with Gasteiger partial charge in [0.05, 0.1) is 90.0 Å². The Labute approximate surface area is 677 Å². The van der Waals surface area contributed by atoms with Crippen LogP contribution in [0.4, 0.5) is 45.5 Å². The zero-order valence-electron chi connectivity index (χ0n) is 74.1. The minimum Gasteiger partial charge on any atom is -0.618 e. The maximum absolute atomic E-state index is 13.9. The lowest BCUT2D eigenvalue weighted by Crippen LogP contribution is -2.47. The molecule has 24 heteroatoms. The second kappa shape index (κ2) is 35.2. The molecule has 0 aliphatic heterocycles. The van der Waals surface area contributed by atoms with Gasteiger partial charge >= 0.3 is 0 Å². The molecule has 8 heterocycles. The topological polar surface area (TPSA) is 241 Å².